The third-order valence-electron chi connectivity index (χ3n) is 1.48. The van der Waals surface area contributed by atoms with Gasteiger partial charge in [0.25, 0.3) is 0 Å². The molecular formula is C11H26O2Si2. The summed E-state index contributed by atoms with van der Waals surface area (Å²) in [5.41, 5.74) is 0. The van der Waals surface area contributed by atoms with Gasteiger partial charge in [0, 0.05) is 0 Å². The van der Waals surface area contributed by atoms with Gasteiger partial charge in [-0.3, -0.25) is 0 Å². The molecule has 0 saturated heterocycles. The highest BCUT2D eigenvalue weighted by molar-refractivity contribution is 6.70. The van der Waals surface area contributed by atoms with Gasteiger partial charge in [0.2, 0.25) is 8.32 Å². The summed E-state index contributed by atoms with van der Waals surface area (Å²) in [6.07, 6.45) is 2.24. The first-order valence-electron chi connectivity index (χ1n) is 5.55. The Morgan fingerprint density at radius 2 is 1.47 bits per heavy atom. The molecule has 0 amide bonds. The average Bonchev–Trinajstić information content (AvgIpc) is 1.73. The standard InChI is InChI=1S/C11H26O2Si2/c1-10(12-14(3,4)5)9-11(2)13-15(6,7)8/h9-10H,1-8H3. The predicted molar refractivity (Wildman–Crippen MR) is 72.1 cm³/mol. The molecule has 15 heavy (non-hydrogen) atoms. The van der Waals surface area contributed by atoms with Crippen LogP contribution in [-0.2, 0) is 8.85 Å². The maximum atomic E-state index is 5.92. The molecule has 0 aliphatic carbocycles. The average molecular weight is 246 g/mol. The van der Waals surface area contributed by atoms with Crippen LogP contribution in [-0.4, -0.2) is 22.7 Å². The highest BCUT2D eigenvalue weighted by atomic mass is 28.4. The van der Waals surface area contributed by atoms with E-state index >= 15 is 0 Å². The Labute approximate surface area is 96.9 Å². The minimum absolute atomic E-state index is 0.160. The lowest BCUT2D eigenvalue weighted by Crippen LogP contribution is -2.30. The SMILES string of the molecule is CC(=CC(C)O[Si](C)(C)C)O[Si](C)(C)C. The molecule has 0 aromatic rings. The first kappa shape index (κ1) is 14.9. The van der Waals surface area contributed by atoms with E-state index in [0.717, 1.165) is 5.76 Å². The Kier molecular flexibility index (Phi) is 5.30. The van der Waals surface area contributed by atoms with Crippen LogP contribution in [0.2, 0.25) is 39.3 Å². The molecular weight excluding hydrogens is 220 g/mol. The molecule has 0 aliphatic heterocycles. The zero-order valence-electron chi connectivity index (χ0n) is 11.5. The zero-order valence-corrected chi connectivity index (χ0v) is 13.5. The summed E-state index contributed by atoms with van der Waals surface area (Å²) in [7, 11) is -2.89. The van der Waals surface area contributed by atoms with Gasteiger partial charge in [-0.15, -0.1) is 0 Å². The van der Waals surface area contributed by atoms with E-state index in [2.05, 4.69) is 52.3 Å². The highest BCUT2D eigenvalue weighted by Crippen LogP contribution is 2.13. The Hall–Kier alpha value is -0.0662. The number of rotatable bonds is 5. The Balaban J connectivity index is 4.24. The third kappa shape index (κ3) is 10.2. The van der Waals surface area contributed by atoms with Gasteiger partial charge in [-0.1, -0.05) is 0 Å². The molecule has 0 rings (SSSR count). The molecule has 90 valence electrons. The van der Waals surface area contributed by atoms with Crippen LogP contribution < -0.4 is 0 Å². The van der Waals surface area contributed by atoms with E-state index in [4.69, 9.17) is 8.85 Å². The summed E-state index contributed by atoms with van der Waals surface area (Å²) in [5, 5.41) is 0. The molecule has 0 saturated carbocycles. The van der Waals surface area contributed by atoms with Gasteiger partial charge in [-0.2, -0.15) is 0 Å². The van der Waals surface area contributed by atoms with Gasteiger partial charge in [0.15, 0.2) is 8.32 Å². The van der Waals surface area contributed by atoms with E-state index in [1.165, 1.54) is 0 Å². The van der Waals surface area contributed by atoms with Crippen molar-refractivity contribution in [3.05, 3.63) is 11.8 Å². The summed E-state index contributed by atoms with van der Waals surface area (Å²) < 4.78 is 11.8. The smallest absolute Gasteiger partial charge is 0.241 e. The number of hydrogen-bond acceptors (Lipinski definition) is 2. The second-order valence-corrected chi connectivity index (χ2v) is 14.8. The first-order valence-corrected chi connectivity index (χ1v) is 12.4. The molecule has 1 unspecified atom stereocenters. The minimum atomic E-state index is -1.46. The van der Waals surface area contributed by atoms with Crippen LogP contribution in [0.15, 0.2) is 11.8 Å². The predicted octanol–water partition coefficient (Wildman–Crippen LogP) is 3.98. The second-order valence-electron chi connectivity index (χ2n) is 5.93. The lowest BCUT2D eigenvalue weighted by atomic mass is 10.3. The van der Waals surface area contributed by atoms with Gasteiger partial charge in [0.1, 0.15) is 0 Å². The normalized spacial score (nSPS) is 16.4. The Morgan fingerprint density at radius 1 is 1.00 bits per heavy atom. The molecule has 0 spiro atoms. The highest BCUT2D eigenvalue weighted by Gasteiger charge is 2.19. The molecule has 0 fully saturated rings. The van der Waals surface area contributed by atoms with E-state index in [1.54, 1.807) is 0 Å². The van der Waals surface area contributed by atoms with Crippen molar-refractivity contribution >= 4 is 16.6 Å². The van der Waals surface area contributed by atoms with Crippen molar-refractivity contribution in [2.75, 3.05) is 0 Å². The summed E-state index contributed by atoms with van der Waals surface area (Å²) in [6.45, 7) is 17.3. The van der Waals surface area contributed by atoms with Crippen molar-refractivity contribution < 1.29 is 8.85 Å². The summed E-state index contributed by atoms with van der Waals surface area (Å²) in [4.78, 5) is 0. The van der Waals surface area contributed by atoms with Crippen LogP contribution in [0.4, 0.5) is 0 Å². The van der Waals surface area contributed by atoms with Crippen molar-refractivity contribution in [3.63, 3.8) is 0 Å². The van der Waals surface area contributed by atoms with E-state index in [0.29, 0.717) is 0 Å². The minimum Gasteiger partial charge on any atom is -0.548 e. The largest absolute Gasteiger partial charge is 0.548 e. The monoisotopic (exact) mass is 246 g/mol. The molecule has 0 aromatic carbocycles. The summed E-state index contributed by atoms with van der Waals surface area (Å²) in [5.74, 6) is 1.000. The quantitative estimate of drug-likeness (QED) is 0.539. The van der Waals surface area contributed by atoms with Crippen molar-refractivity contribution in [1.82, 2.24) is 0 Å². The molecule has 0 N–H and O–H groups in total. The van der Waals surface area contributed by atoms with E-state index in [1.807, 2.05) is 6.92 Å². The van der Waals surface area contributed by atoms with Crippen molar-refractivity contribution in [2.24, 2.45) is 0 Å². The lowest BCUT2D eigenvalue weighted by molar-refractivity contribution is 0.256. The molecule has 2 nitrogen and oxygen atoms in total. The van der Waals surface area contributed by atoms with E-state index in [-0.39, 0.29) is 6.10 Å². The van der Waals surface area contributed by atoms with Crippen molar-refractivity contribution in [1.29, 1.82) is 0 Å². The van der Waals surface area contributed by atoms with Crippen LogP contribution in [0.1, 0.15) is 13.8 Å². The van der Waals surface area contributed by atoms with Crippen molar-refractivity contribution in [2.45, 2.75) is 59.2 Å². The van der Waals surface area contributed by atoms with E-state index in [9.17, 15) is 0 Å². The van der Waals surface area contributed by atoms with Gasteiger partial charge in [-0.05, 0) is 59.2 Å². The fourth-order valence-electron chi connectivity index (χ4n) is 1.44. The fraction of sp³-hybridized carbons (Fsp3) is 0.818. The number of allylic oxidation sites excluding steroid dienone is 1. The molecule has 1 atom stereocenters. The molecule has 4 heteroatoms. The van der Waals surface area contributed by atoms with Gasteiger partial charge >= 0.3 is 0 Å². The van der Waals surface area contributed by atoms with Crippen LogP contribution in [0.5, 0.6) is 0 Å². The summed E-state index contributed by atoms with van der Waals surface area (Å²) >= 11 is 0. The topological polar surface area (TPSA) is 18.5 Å². The second kappa shape index (κ2) is 5.32. The lowest BCUT2D eigenvalue weighted by Gasteiger charge is -2.24. The first-order chi connectivity index (χ1) is 6.49. The van der Waals surface area contributed by atoms with E-state index < -0.39 is 16.6 Å². The maximum absolute atomic E-state index is 5.92. The zero-order chi connectivity index (χ0) is 12.3. The molecule has 0 aliphatic rings. The Morgan fingerprint density at radius 3 is 1.80 bits per heavy atom. The third-order valence-corrected chi connectivity index (χ3v) is 3.49. The van der Waals surface area contributed by atoms with Gasteiger partial charge in [0.05, 0.1) is 11.9 Å². The van der Waals surface area contributed by atoms with Crippen LogP contribution in [0.25, 0.3) is 0 Å². The van der Waals surface area contributed by atoms with Gasteiger partial charge < -0.3 is 8.85 Å². The maximum Gasteiger partial charge on any atom is 0.241 e. The molecule has 0 heterocycles. The van der Waals surface area contributed by atoms with Crippen molar-refractivity contribution in [3.8, 4) is 0 Å². The summed E-state index contributed by atoms with van der Waals surface area (Å²) in [6, 6.07) is 0. The molecule has 0 bridgehead atoms. The molecule has 0 aromatic heterocycles. The van der Waals surface area contributed by atoms with Crippen LogP contribution in [0, 0.1) is 0 Å². The van der Waals surface area contributed by atoms with Gasteiger partial charge in [-0.25, -0.2) is 0 Å². The fourth-order valence-corrected chi connectivity index (χ4v) is 3.66. The Bertz CT molecular complexity index is 224. The van der Waals surface area contributed by atoms with Crippen LogP contribution in [0.3, 0.4) is 0 Å². The number of hydrogen-bond donors (Lipinski definition) is 0. The van der Waals surface area contributed by atoms with Crippen LogP contribution >= 0.6 is 0 Å². The molecule has 0 radical (unpaired) electrons.